The normalized spacial score (nSPS) is 13.4. The van der Waals surface area contributed by atoms with Crippen LogP contribution in [0.5, 0.6) is 0 Å². The summed E-state index contributed by atoms with van der Waals surface area (Å²) in [6, 6.07) is 8.34. The second kappa shape index (κ2) is 3.54. The first-order valence-corrected chi connectivity index (χ1v) is 5.46. The van der Waals surface area contributed by atoms with E-state index in [1.54, 1.807) is 6.26 Å². The van der Waals surface area contributed by atoms with E-state index in [2.05, 4.69) is 35.0 Å². The van der Waals surface area contributed by atoms with Gasteiger partial charge in [-0.2, -0.15) is 0 Å². The molecule has 1 nitrogen and oxygen atoms in total. The second-order valence-corrected chi connectivity index (χ2v) is 3.92. The van der Waals surface area contributed by atoms with Crippen molar-refractivity contribution in [2.24, 2.45) is 0 Å². The fourth-order valence-electron chi connectivity index (χ4n) is 1.38. The molecular formula is C11H11BrO. The van der Waals surface area contributed by atoms with Gasteiger partial charge in [0, 0.05) is 10.7 Å². The molecule has 2 aromatic rings. The van der Waals surface area contributed by atoms with Gasteiger partial charge in [-0.15, -0.1) is 0 Å². The van der Waals surface area contributed by atoms with E-state index in [1.807, 2.05) is 12.1 Å². The number of hydrogen-bond donors (Lipinski definition) is 0. The molecule has 0 fully saturated rings. The van der Waals surface area contributed by atoms with Crippen molar-refractivity contribution < 1.29 is 4.42 Å². The van der Waals surface area contributed by atoms with Gasteiger partial charge in [0.2, 0.25) is 0 Å². The summed E-state index contributed by atoms with van der Waals surface area (Å²) in [5.74, 6) is 0.555. The van der Waals surface area contributed by atoms with Crippen LogP contribution in [0.15, 0.2) is 34.9 Å². The molecule has 1 atom stereocenters. The van der Waals surface area contributed by atoms with Gasteiger partial charge in [-0.25, -0.2) is 0 Å². The third-order valence-electron chi connectivity index (χ3n) is 2.28. The van der Waals surface area contributed by atoms with Gasteiger partial charge >= 0.3 is 0 Å². The molecule has 0 spiro atoms. The Labute approximate surface area is 85.9 Å². The second-order valence-electron chi connectivity index (χ2n) is 3.27. The van der Waals surface area contributed by atoms with Crippen LogP contribution in [-0.2, 0) is 0 Å². The topological polar surface area (TPSA) is 13.1 Å². The molecule has 2 heteroatoms. The third-order valence-corrected chi connectivity index (χ3v) is 3.25. The Bertz CT molecular complexity index is 405. The SMILES string of the molecule is CC(CBr)c1ccc2occc2c1. The van der Waals surface area contributed by atoms with Crippen LogP contribution < -0.4 is 0 Å². The quantitative estimate of drug-likeness (QED) is 0.723. The van der Waals surface area contributed by atoms with Gasteiger partial charge in [0.1, 0.15) is 5.58 Å². The molecular weight excluding hydrogens is 228 g/mol. The lowest BCUT2D eigenvalue weighted by molar-refractivity contribution is 0.615. The van der Waals surface area contributed by atoms with Crippen molar-refractivity contribution in [3.63, 3.8) is 0 Å². The number of alkyl halides is 1. The maximum Gasteiger partial charge on any atom is 0.133 e. The van der Waals surface area contributed by atoms with E-state index >= 15 is 0 Å². The monoisotopic (exact) mass is 238 g/mol. The summed E-state index contributed by atoms with van der Waals surface area (Å²) >= 11 is 3.48. The molecule has 0 saturated carbocycles. The largest absolute Gasteiger partial charge is 0.464 e. The zero-order valence-corrected chi connectivity index (χ0v) is 9.04. The number of hydrogen-bond acceptors (Lipinski definition) is 1. The molecule has 1 unspecified atom stereocenters. The van der Waals surface area contributed by atoms with Crippen molar-refractivity contribution in [1.82, 2.24) is 0 Å². The standard InChI is InChI=1S/C11H11BrO/c1-8(7-12)9-2-3-11-10(6-9)4-5-13-11/h2-6,8H,7H2,1H3. The lowest BCUT2D eigenvalue weighted by Crippen LogP contribution is -1.92. The van der Waals surface area contributed by atoms with Gasteiger partial charge in [0.25, 0.3) is 0 Å². The minimum absolute atomic E-state index is 0.555. The molecule has 1 heterocycles. The van der Waals surface area contributed by atoms with Gasteiger partial charge < -0.3 is 4.42 Å². The van der Waals surface area contributed by atoms with Gasteiger partial charge in [0.05, 0.1) is 6.26 Å². The molecule has 0 bridgehead atoms. The molecule has 0 aliphatic heterocycles. The molecule has 0 saturated heterocycles. The molecule has 68 valence electrons. The van der Waals surface area contributed by atoms with Crippen LogP contribution in [0.25, 0.3) is 11.0 Å². The average Bonchev–Trinajstić information content (AvgIpc) is 2.63. The summed E-state index contributed by atoms with van der Waals surface area (Å²) in [5, 5.41) is 2.18. The summed E-state index contributed by atoms with van der Waals surface area (Å²) in [5.41, 5.74) is 2.32. The first kappa shape index (κ1) is 8.82. The Morgan fingerprint density at radius 1 is 1.38 bits per heavy atom. The van der Waals surface area contributed by atoms with Crippen molar-refractivity contribution >= 4 is 26.9 Å². The Balaban J connectivity index is 2.48. The predicted octanol–water partition coefficient (Wildman–Crippen LogP) is 3.93. The molecule has 0 aliphatic carbocycles. The number of halogens is 1. The van der Waals surface area contributed by atoms with Crippen molar-refractivity contribution in [2.45, 2.75) is 12.8 Å². The van der Waals surface area contributed by atoms with Crippen LogP contribution in [0.3, 0.4) is 0 Å². The lowest BCUT2D eigenvalue weighted by Gasteiger charge is -2.06. The highest BCUT2D eigenvalue weighted by Gasteiger charge is 2.04. The van der Waals surface area contributed by atoms with Gasteiger partial charge in [-0.05, 0) is 29.7 Å². The van der Waals surface area contributed by atoms with E-state index in [4.69, 9.17) is 4.42 Å². The van der Waals surface area contributed by atoms with Crippen molar-refractivity contribution in [2.75, 3.05) is 5.33 Å². The summed E-state index contributed by atoms with van der Waals surface area (Å²) in [6.07, 6.45) is 1.73. The highest BCUT2D eigenvalue weighted by Crippen LogP contribution is 2.23. The zero-order chi connectivity index (χ0) is 9.26. The molecule has 1 aromatic carbocycles. The van der Waals surface area contributed by atoms with E-state index in [0.29, 0.717) is 5.92 Å². The Hall–Kier alpha value is -0.760. The van der Waals surface area contributed by atoms with Crippen LogP contribution in [0.2, 0.25) is 0 Å². The van der Waals surface area contributed by atoms with Crippen LogP contribution in [-0.4, -0.2) is 5.33 Å². The minimum atomic E-state index is 0.555. The maximum atomic E-state index is 5.27. The first-order chi connectivity index (χ1) is 6.31. The molecule has 0 N–H and O–H groups in total. The van der Waals surface area contributed by atoms with E-state index in [1.165, 1.54) is 10.9 Å². The number of rotatable bonds is 2. The zero-order valence-electron chi connectivity index (χ0n) is 7.46. The highest BCUT2D eigenvalue weighted by molar-refractivity contribution is 9.09. The van der Waals surface area contributed by atoms with Crippen LogP contribution >= 0.6 is 15.9 Å². The fraction of sp³-hybridized carbons (Fsp3) is 0.273. The van der Waals surface area contributed by atoms with Gasteiger partial charge in [0.15, 0.2) is 0 Å². The lowest BCUT2D eigenvalue weighted by atomic mass is 10.0. The van der Waals surface area contributed by atoms with Crippen molar-refractivity contribution in [1.29, 1.82) is 0 Å². The van der Waals surface area contributed by atoms with Crippen molar-refractivity contribution in [3.8, 4) is 0 Å². The summed E-state index contributed by atoms with van der Waals surface area (Å²) in [6.45, 7) is 2.20. The van der Waals surface area contributed by atoms with E-state index in [-0.39, 0.29) is 0 Å². The summed E-state index contributed by atoms with van der Waals surface area (Å²) in [4.78, 5) is 0. The summed E-state index contributed by atoms with van der Waals surface area (Å²) < 4.78 is 5.27. The first-order valence-electron chi connectivity index (χ1n) is 4.34. The smallest absolute Gasteiger partial charge is 0.133 e. The third kappa shape index (κ3) is 1.63. The average molecular weight is 239 g/mol. The molecule has 2 rings (SSSR count). The predicted molar refractivity (Wildman–Crippen MR) is 58.4 cm³/mol. The number of furan rings is 1. The van der Waals surface area contributed by atoms with E-state index < -0.39 is 0 Å². The van der Waals surface area contributed by atoms with E-state index in [9.17, 15) is 0 Å². The van der Waals surface area contributed by atoms with Crippen molar-refractivity contribution in [3.05, 3.63) is 36.1 Å². The van der Waals surface area contributed by atoms with Crippen LogP contribution in [0.4, 0.5) is 0 Å². The summed E-state index contributed by atoms with van der Waals surface area (Å²) in [7, 11) is 0. The van der Waals surface area contributed by atoms with Crippen LogP contribution in [0.1, 0.15) is 18.4 Å². The molecule has 1 aromatic heterocycles. The van der Waals surface area contributed by atoms with Gasteiger partial charge in [-0.1, -0.05) is 28.9 Å². The Morgan fingerprint density at radius 3 is 3.00 bits per heavy atom. The van der Waals surface area contributed by atoms with Gasteiger partial charge in [-0.3, -0.25) is 0 Å². The molecule has 0 radical (unpaired) electrons. The Kier molecular flexibility index (Phi) is 2.40. The van der Waals surface area contributed by atoms with E-state index in [0.717, 1.165) is 10.9 Å². The number of benzene rings is 1. The van der Waals surface area contributed by atoms with Crippen LogP contribution in [0, 0.1) is 0 Å². The highest BCUT2D eigenvalue weighted by atomic mass is 79.9. The molecule has 13 heavy (non-hydrogen) atoms. The molecule has 0 aliphatic rings. The maximum absolute atomic E-state index is 5.27. The Morgan fingerprint density at radius 2 is 2.23 bits per heavy atom. The fourth-order valence-corrected chi connectivity index (χ4v) is 1.75. The minimum Gasteiger partial charge on any atom is -0.464 e. The number of fused-ring (bicyclic) bond motifs is 1. The molecule has 0 amide bonds.